The summed E-state index contributed by atoms with van der Waals surface area (Å²) in [5.74, 6) is 0.556. The Bertz CT molecular complexity index is 1400. The van der Waals surface area contributed by atoms with Crippen molar-refractivity contribution in [2.45, 2.75) is 0 Å². The number of anilines is 3. The van der Waals surface area contributed by atoms with Crippen LogP contribution in [-0.4, -0.2) is 67.7 Å². The molecule has 0 saturated carbocycles. The first-order chi connectivity index (χ1) is 15.7. The van der Waals surface area contributed by atoms with Gasteiger partial charge >= 0.3 is 0 Å². The number of nitrogens with zero attached hydrogens (tertiary/aromatic N) is 7. The molecule has 0 atom stereocenters. The molecule has 0 aliphatic carbocycles. The molecule has 0 bridgehead atoms. The van der Waals surface area contributed by atoms with Gasteiger partial charge in [-0.15, -0.1) is 0 Å². The van der Waals surface area contributed by atoms with Crippen molar-refractivity contribution in [1.82, 2.24) is 34.4 Å². The van der Waals surface area contributed by atoms with Crippen LogP contribution in [0.25, 0.3) is 27.9 Å². The minimum Gasteiger partial charge on any atom is -0.369 e. The van der Waals surface area contributed by atoms with E-state index in [1.807, 2.05) is 36.8 Å². The van der Waals surface area contributed by atoms with E-state index < -0.39 is 0 Å². The van der Waals surface area contributed by atoms with Crippen LogP contribution in [0.15, 0.2) is 61.2 Å². The van der Waals surface area contributed by atoms with Crippen LogP contribution >= 0.6 is 0 Å². The van der Waals surface area contributed by atoms with Gasteiger partial charge in [0, 0.05) is 73.2 Å². The van der Waals surface area contributed by atoms with E-state index in [9.17, 15) is 0 Å². The van der Waals surface area contributed by atoms with Gasteiger partial charge in [-0.1, -0.05) is 6.07 Å². The molecule has 0 spiro atoms. The largest absolute Gasteiger partial charge is 0.369 e. The van der Waals surface area contributed by atoms with E-state index in [4.69, 9.17) is 0 Å². The molecule has 0 amide bonds. The maximum absolute atomic E-state index is 4.68. The van der Waals surface area contributed by atoms with Gasteiger partial charge in [0.05, 0.1) is 11.9 Å². The molecule has 1 aliphatic heterocycles. The van der Waals surface area contributed by atoms with Crippen LogP contribution in [0.1, 0.15) is 0 Å². The highest BCUT2D eigenvalue weighted by molar-refractivity contribution is 5.92. The summed E-state index contributed by atoms with van der Waals surface area (Å²) in [6, 6.07) is 12.2. The predicted octanol–water partition coefficient (Wildman–Crippen LogP) is 3.16. The number of H-pyrrole nitrogens is 1. The zero-order valence-electron chi connectivity index (χ0n) is 17.7. The first kappa shape index (κ1) is 18.8. The molecule has 5 heterocycles. The summed E-state index contributed by atoms with van der Waals surface area (Å²) in [5.41, 5.74) is 5.58. The van der Waals surface area contributed by atoms with Crippen LogP contribution in [-0.2, 0) is 0 Å². The predicted molar refractivity (Wildman–Crippen MR) is 125 cm³/mol. The van der Waals surface area contributed by atoms with E-state index in [1.54, 1.807) is 10.7 Å². The topological polar surface area (TPSA) is 90.3 Å². The zero-order valence-corrected chi connectivity index (χ0v) is 17.7. The Hall–Kier alpha value is -3.98. The maximum Gasteiger partial charge on any atom is 0.229 e. The lowest BCUT2D eigenvalue weighted by molar-refractivity contribution is 0.313. The van der Waals surface area contributed by atoms with Gasteiger partial charge in [-0.05, 0) is 31.3 Å². The fourth-order valence-electron chi connectivity index (χ4n) is 4.12. The number of hydrogen-bond acceptors (Lipinski definition) is 7. The van der Waals surface area contributed by atoms with Crippen LogP contribution in [0.2, 0.25) is 0 Å². The molecule has 2 N–H and O–H groups in total. The van der Waals surface area contributed by atoms with Crippen LogP contribution in [0.4, 0.5) is 17.3 Å². The van der Waals surface area contributed by atoms with Crippen LogP contribution in [0, 0.1) is 0 Å². The fraction of sp³-hybridized carbons (Fsp3) is 0.217. The van der Waals surface area contributed by atoms with Crippen molar-refractivity contribution < 1.29 is 0 Å². The van der Waals surface area contributed by atoms with Crippen molar-refractivity contribution in [3.05, 3.63) is 61.2 Å². The van der Waals surface area contributed by atoms with Gasteiger partial charge in [0.15, 0.2) is 5.65 Å². The zero-order chi connectivity index (χ0) is 21.5. The molecule has 1 aromatic carbocycles. The number of piperazine rings is 1. The molecule has 6 rings (SSSR count). The van der Waals surface area contributed by atoms with Crippen molar-refractivity contribution in [3.63, 3.8) is 0 Å². The average Bonchev–Trinajstić information content (AvgIpc) is 3.46. The van der Waals surface area contributed by atoms with Crippen molar-refractivity contribution in [1.29, 1.82) is 0 Å². The number of fused-ring (bicyclic) bond motifs is 2. The Morgan fingerprint density at radius 3 is 2.84 bits per heavy atom. The maximum atomic E-state index is 4.68. The molecule has 9 nitrogen and oxygen atoms in total. The number of benzene rings is 1. The number of aromatic nitrogens is 6. The molecule has 9 heteroatoms. The van der Waals surface area contributed by atoms with E-state index >= 15 is 0 Å². The van der Waals surface area contributed by atoms with Gasteiger partial charge in [0.1, 0.15) is 5.65 Å². The van der Waals surface area contributed by atoms with Crippen LogP contribution < -0.4 is 10.2 Å². The van der Waals surface area contributed by atoms with Crippen molar-refractivity contribution in [2.75, 3.05) is 43.4 Å². The fourth-order valence-corrected chi connectivity index (χ4v) is 4.12. The Morgan fingerprint density at radius 2 is 1.94 bits per heavy atom. The average molecular weight is 426 g/mol. The van der Waals surface area contributed by atoms with Crippen LogP contribution in [0.3, 0.4) is 0 Å². The van der Waals surface area contributed by atoms with E-state index in [1.165, 1.54) is 5.69 Å². The summed E-state index contributed by atoms with van der Waals surface area (Å²) in [7, 11) is 2.17. The van der Waals surface area contributed by atoms with Crippen molar-refractivity contribution >= 4 is 34.0 Å². The number of aromatic amines is 1. The molecule has 1 fully saturated rings. The Kier molecular flexibility index (Phi) is 4.46. The first-order valence-electron chi connectivity index (χ1n) is 10.7. The van der Waals surface area contributed by atoms with E-state index in [0.717, 1.165) is 59.8 Å². The van der Waals surface area contributed by atoms with Gasteiger partial charge in [-0.3, -0.25) is 0 Å². The SMILES string of the molecule is CN1CCN(c2cccc(Nc3ncc4c(-c5ccn6nccc6n5)c[nH]c4n3)c2)CC1. The molecular formula is C23H23N9. The monoisotopic (exact) mass is 425 g/mol. The molecule has 4 aromatic heterocycles. The van der Waals surface area contributed by atoms with Gasteiger partial charge in [0.25, 0.3) is 0 Å². The molecule has 0 unspecified atom stereocenters. The summed E-state index contributed by atoms with van der Waals surface area (Å²) < 4.78 is 1.74. The Morgan fingerprint density at radius 1 is 1.03 bits per heavy atom. The second kappa shape index (κ2) is 7.61. The van der Waals surface area contributed by atoms with Gasteiger partial charge in [-0.25, -0.2) is 14.5 Å². The third-order valence-electron chi connectivity index (χ3n) is 5.94. The third kappa shape index (κ3) is 3.42. The lowest BCUT2D eigenvalue weighted by atomic mass is 10.2. The van der Waals surface area contributed by atoms with Crippen LogP contribution in [0.5, 0.6) is 0 Å². The quantitative estimate of drug-likeness (QED) is 0.457. The number of nitrogens with one attached hydrogen (secondary N) is 2. The summed E-state index contributed by atoms with van der Waals surface area (Å²) >= 11 is 0. The highest BCUT2D eigenvalue weighted by atomic mass is 15.3. The number of likely N-dealkylation sites (N-methyl/N-ethyl adjacent to an activating group) is 1. The Labute approximate surface area is 184 Å². The molecule has 160 valence electrons. The molecule has 1 aliphatic rings. The molecular weight excluding hydrogens is 402 g/mol. The standard InChI is InChI=1S/C23H23N9/c1-30-9-11-31(12-10-30)17-4-2-3-16(13-17)27-23-25-15-19-18(14-24-22(19)29-23)20-6-8-32-21(28-20)5-7-26-32/h2-8,13-15H,9-12H2,1H3,(H2,24,25,27,29). The first-order valence-corrected chi connectivity index (χ1v) is 10.7. The lowest BCUT2D eigenvalue weighted by Gasteiger charge is -2.34. The highest BCUT2D eigenvalue weighted by Crippen LogP contribution is 2.28. The number of hydrogen-bond donors (Lipinski definition) is 2. The molecule has 0 radical (unpaired) electrons. The lowest BCUT2D eigenvalue weighted by Crippen LogP contribution is -2.44. The smallest absolute Gasteiger partial charge is 0.229 e. The summed E-state index contributed by atoms with van der Waals surface area (Å²) in [6.45, 7) is 4.23. The number of rotatable bonds is 4. The minimum atomic E-state index is 0.556. The summed E-state index contributed by atoms with van der Waals surface area (Å²) in [4.78, 5) is 21.9. The van der Waals surface area contributed by atoms with E-state index in [-0.39, 0.29) is 0 Å². The summed E-state index contributed by atoms with van der Waals surface area (Å²) in [6.07, 6.45) is 7.40. The third-order valence-corrected chi connectivity index (χ3v) is 5.94. The van der Waals surface area contributed by atoms with E-state index in [0.29, 0.717) is 5.95 Å². The normalized spacial score (nSPS) is 15.0. The van der Waals surface area contributed by atoms with Gasteiger partial charge < -0.3 is 20.1 Å². The minimum absolute atomic E-state index is 0.556. The Balaban J connectivity index is 1.26. The molecule has 5 aromatic rings. The van der Waals surface area contributed by atoms with Gasteiger partial charge in [-0.2, -0.15) is 10.1 Å². The highest BCUT2D eigenvalue weighted by Gasteiger charge is 2.15. The molecule has 1 saturated heterocycles. The van der Waals surface area contributed by atoms with Crippen molar-refractivity contribution in [3.8, 4) is 11.3 Å². The summed E-state index contributed by atoms with van der Waals surface area (Å²) in [5, 5.41) is 8.48. The van der Waals surface area contributed by atoms with E-state index in [2.05, 4.69) is 65.4 Å². The van der Waals surface area contributed by atoms with Gasteiger partial charge in [0.2, 0.25) is 5.95 Å². The molecule has 32 heavy (non-hydrogen) atoms. The second-order valence-electron chi connectivity index (χ2n) is 8.07. The second-order valence-corrected chi connectivity index (χ2v) is 8.07. The van der Waals surface area contributed by atoms with Crippen molar-refractivity contribution in [2.24, 2.45) is 0 Å².